The molecular formula is C11H21FN2S. The van der Waals surface area contributed by atoms with Crippen LogP contribution in [0.3, 0.4) is 0 Å². The average molecular weight is 232 g/mol. The normalized spacial score (nSPS) is 35.6. The minimum Gasteiger partial charge on any atom is -0.327 e. The molecule has 2 aliphatic rings. The highest BCUT2D eigenvalue weighted by atomic mass is 32.2. The van der Waals surface area contributed by atoms with E-state index in [2.05, 4.69) is 4.90 Å². The predicted octanol–water partition coefficient (Wildman–Crippen LogP) is 1.64. The highest BCUT2D eigenvalue weighted by Crippen LogP contribution is 2.29. The zero-order chi connectivity index (χ0) is 10.7. The van der Waals surface area contributed by atoms with Gasteiger partial charge in [-0.3, -0.25) is 4.90 Å². The van der Waals surface area contributed by atoms with Crippen molar-refractivity contribution in [1.29, 1.82) is 0 Å². The molecule has 0 radical (unpaired) electrons. The van der Waals surface area contributed by atoms with Crippen molar-refractivity contribution in [3.05, 3.63) is 0 Å². The second-order valence-corrected chi connectivity index (χ2v) is 6.00. The van der Waals surface area contributed by atoms with E-state index in [1.807, 2.05) is 11.8 Å². The van der Waals surface area contributed by atoms with Crippen LogP contribution >= 0.6 is 11.8 Å². The van der Waals surface area contributed by atoms with Gasteiger partial charge < -0.3 is 5.73 Å². The number of nitrogens with two attached hydrogens (primary N) is 1. The number of piperidine rings is 1. The first-order valence-electron chi connectivity index (χ1n) is 5.94. The number of hydrogen-bond acceptors (Lipinski definition) is 3. The van der Waals surface area contributed by atoms with E-state index in [1.54, 1.807) is 0 Å². The molecule has 2 N–H and O–H groups in total. The Hall–Kier alpha value is 0.200. The molecule has 0 saturated carbocycles. The fourth-order valence-electron chi connectivity index (χ4n) is 2.65. The van der Waals surface area contributed by atoms with Crippen molar-refractivity contribution in [3.8, 4) is 0 Å². The molecule has 0 aromatic carbocycles. The van der Waals surface area contributed by atoms with E-state index in [4.69, 9.17) is 5.73 Å². The molecule has 2 saturated heterocycles. The summed E-state index contributed by atoms with van der Waals surface area (Å²) < 4.78 is 14.1. The SMILES string of the molecule is NCC1(F)CCCN(C2CCSCC2)C1. The van der Waals surface area contributed by atoms with Crippen LogP contribution in [-0.2, 0) is 0 Å². The number of thioether (sulfide) groups is 1. The van der Waals surface area contributed by atoms with Gasteiger partial charge in [-0.15, -0.1) is 0 Å². The molecule has 2 heterocycles. The standard InChI is InChI=1S/C11H21FN2S/c12-11(8-13)4-1-5-14(9-11)10-2-6-15-7-3-10/h10H,1-9,13H2. The zero-order valence-corrected chi connectivity index (χ0v) is 10.1. The van der Waals surface area contributed by atoms with Crippen LogP contribution in [0.25, 0.3) is 0 Å². The molecule has 15 heavy (non-hydrogen) atoms. The first kappa shape index (κ1) is 11.7. The largest absolute Gasteiger partial charge is 0.327 e. The number of likely N-dealkylation sites (tertiary alicyclic amines) is 1. The number of alkyl halides is 1. The Bertz CT molecular complexity index is 209. The highest BCUT2D eigenvalue weighted by Gasteiger charge is 2.36. The van der Waals surface area contributed by atoms with Crippen molar-refractivity contribution >= 4 is 11.8 Å². The third-order valence-corrected chi connectivity index (χ3v) is 4.68. The van der Waals surface area contributed by atoms with Crippen LogP contribution in [0.1, 0.15) is 25.7 Å². The second kappa shape index (κ2) is 5.02. The summed E-state index contributed by atoms with van der Waals surface area (Å²) in [7, 11) is 0. The first-order chi connectivity index (χ1) is 7.23. The van der Waals surface area contributed by atoms with Gasteiger partial charge >= 0.3 is 0 Å². The number of nitrogens with zero attached hydrogens (tertiary/aromatic N) is 1. The van der Waals surface area contributed by atoms with Gasteiger partial charge in [0.15, 0.2) is 0 Å². The van der Waals surface area contributed by atoms with Crippen molar-refractivity contribution < 1.29 is 4.39 Å². The number of halogens is 1. The Balaban J connectivity index is 1.91. The molecule has 0 aromatic rings. The van der Waals surface area contributed by atoms with Crippen molar-refractivity contribution in [3.63, 3.8) is 0 Å². The van der Waals surface area contributed by atoms with Gasteiger partial charge in [-0.25, -0.2) is 4.39 Å². The predicted molar refractivity (Wildman–Crippen MR) is 64.0 cm³/mol. The fraction of sp³-hybridized carbons (Fsp3) is 1.00. The molecule has 1 unspecified atom stereocenters. The average Bonchev–Trinajstić information content (AvgIpc) is 2.30. The third kappa shape index (κ3) is 2.86. The van der Waals surface area contributed by atoms with Crippen LogP contribution < -0.4 is 5.73 Å². The van der Waals surface area contributed by atoms with Gasteiger partial charge in [0.05, 0.1) is 0 Å². The van der Waals surface area contributed by atoms with Gasteiger partial charge in [-0.1, -0.05) is 0 Å². The summed E-state index contributed by atoms with van der Waals surface area (Å²) in [5, 5.41) is 0. The van der Waals surface area contributed by atoms with Gasteiger partial charge in [0.25, 0.3) is 0 Å². The minimum absolute atomic E-state index is 0.185. The molecule has 2 nitrogen and oxygen atoms in total. The maximum Gasteiger partial charge on any atom is 0.135 e. The summed E-state index contributed by atoms with van der Waals surface area (Å²) in [4.78, 5) is 2.34. The Morgan fingerprint density at radius 3 is 2.80 bits per heavy atom. The molecule has 1 atom stereocenters. The summed E-state index contributed by atoms with van der Waals surface area (Å²) in [6, 6.07) is 0.619. The van der Waals surface area contributed by atoms with E-state index in [0.717, 1.165) is 13.0 Å². The van der Waals surface area contributed by atoms with Crippen LogP contribution in [0.2, 0.25) is 0 Å². The Morgan fingerprint density at radius 2 is 2.13 bits per heavy atom. The zero-order valence-electron chi connectivity index (χ0n) is 9.25. The van der Waals surface area contributed by atoms with Crippen LogP contribution in [0.15, 0.2) is 0 Å². The van der Waals surface area contributed by atoms with E-state index >= 15 is 0 Å². The molecule has 2 aliphatic heterocycles. The number of rotatable bonds is 2. The lowest BCUT2D eigenvalue weighted by Gasteiger charge is -2.42. The highest BCUT2D eigenvalue weighted by molar-refractivity contribution is 7.99. The molecule has 0 bridgehead atoms. The molecule has 88 valence electrons. The van der Waals surface area contributed by atoms with E-state index in [-0.39, 0.29) is 6.54 Å². The van der Waals surface area contributed by atoms with Gasteiger partial charge in [0.1, 0.15) is 5.67 Å². The lowest BCUT2D eigenvalue weighted by molar-refractivity contribution is 0.0261. The van der Waals surface area contributed by atoms with Crippen molar-refractivity contribution in [2.45, 2.75) is 37.4 Å². The minimum atomic E-state index is -1.11. The summed E-state index contributed by atoms with van der Waals surface area (Å²) in [6.07, 6.45) is 4.08. The molecule has 2 rings (SSSR count). The third-order valence-electron chi connectivity index (χ3n) is 3.63. The molecule has 0 amide bonds. The molecule has 0 aliphatic carbocycles. The maximum absolute atomic E-state index is 14.1. The lowest BCUT2D eigenvalue weighted by Crippen LogP contribution is -2.53. The molecule has 4 heteroatoms. The molecular weight excluding hydrogens is 211 g/mol. The van der Waals surface area contributed by atoms with E-state index in [9.17, 15) is 4.39 Å². The molecule has 0 aromatic heterocycles. The topological polar surface area (TPSA) is 29.3 Å². The van der Waals surface area contributed by atoms with Crippen LogP contribution in [0.5, 0.6) is 0 Å². The first-order valence-corrected chi connectivity index (χ1v) is 7.10. The fourth-order valence-corrected chi connectivity index (χ4v) is 3.73. The van der Waals surface area contributed by atoms with Crippen molar-refractivity contribution in [1.82, 2.24) is 4.90 Å². The second-order valence-electron chi connectivity index (χ2n) is 4.77. The van der Waals surface area contributed by atoms with E-state index in [1.165, 1.54) is 24.3 Å². The number of hydrogen-bond donors (Lipinski definition) is 1. The summed E-state index contributed by atoms with van der Waals surface area (Å²) in [5.41, 5.74) is 4.42. The van der Waals surface area contributed by atoms with Gasteiger partial charge in [-0.2, -0.15) is 11.8 Å². The molecule has 0 spiro atoms. The lowest BCUT2D eigenvalue weighted by atomic mass is 9.93. The van der Waals surface area contributed by atoms with Gasteiger partial charge in [-0.05, 0) is 43.7 Å². The molecule has 2 fully saturated rings. The summed E-state index contributed by atoms with van der Waals surface area (Å²) in [6.45, 7) is 1.82. The monoisotopic (exact) mass is 232 g/mol. The smallest absolute Gasteiger partial charge is 0.135 e. The Morgan fingerprint density at radius 1 is 1.40 bits per heavy atom. The maximum atomic E-state index is 14.1. The Kier molecular flexibility index (Phi) is 3.91. The van der Waals surface area contributed by atoms with Crippen LogP contribution in [0, 0.1) is 0 Å². The summed E-state index contributed by atoms with van der Waals surface area (Å²) >= 11 is 2.02. The van der Waals surface area contributed by atoms with E-state index in [0.29, 0.717) is 19.0 Å². The van der Waals surface area contributed by atoms with Crippen molar-refractivity contribution in [2.75, 3.05) is 31.1 Å². The van der Waals surface area contributed by atoms with Crippen molar-refractivity contribution in [2.24, 2.45) is 5.73 Å². The quantitative estimate of drug-likeness (QED) is 0.785. The van der Waals surface area contributed by atoms with Crippen LogP contribution in [0.4, 0.5) is 4.39 Å². The Labute approximate surface area is 95.8 Å². The van der Waals surface area contributed by atoms with E-state index < -0.39 is 5.67 Å². The van der Waals surface area contributed by atoms with Gasteiger partial charge in [0.2, 0.25) is 0 Å². The van der Waals surface area contributed by atoms with Gasteiger partial charge in [0, 0.05) is 19.1 Å². The van der Waals surface area contributed by atoms with Crippen LogP contribution in [-0.4, -0.2) is 47.8 Å². The summed E-state index contributed by atoms with van der Waals surface area (Å²) in [5.74, 6) is 2.48.